The van der Waals surface area contributed by atoms with Crippen molar-refractivity contribution >= 4 is 0 Å². The minimum atomic E-state index is -0.177. The highest BCUT2D eigenvalue weighted by molar-refractivity contribution is 4.87. The van der Waals surface area contributed by atoms with Gasteiger partial charge in [0.15, 0.2) is 0 Å². The van der Waals surface area contributed by atoms with Crippen LogP contribution in [0.15, 0.2) is 4.42 Å². The molecule has 1 heterocycles. The van der Waals surface area contributed by atoms with E-state index >= 15 is 0 Å². The van der Waals surface area contributed by atoms with Gasteiger partial charge in [0.2, 0.25) is 11.8 Å². The molecule has 4 nitrogen and oxygen atoms in total. The lowest BCUT2D eigenvalue weighted by Gasteiger charge is -1.98. The second-order valence-electron chi connectivity index (χ2n) is 2.50. The summed E-state index contributed by atoms with van der Waals surface area (Å²) in [7, 11) is 0. The van der Waals surface area contributed by atoms with E-state index in [2.05, 4.69) is 10.2 Å². The first kappa shape index (κ1) is 8.20. The molecule has 0 aliphatic carbocycles. The van der Waals surface area contributed by atoms with Crippen molar-refractivity contribution in [2.45, 2.75) is 32.8 Å². The van der Waals surface area contributed by atoms with Gasteiger partial charge >= 0.3 is 0 Å². The maximum absolute atomic E-state index is 8.61. The van der Waals surface area contributed by atoms with Crippen LogP contribution in [0.2, 0.25) is 0 Å². The molecular formula is C7H12N2O2. The smallest absolute Gasteiger partial charge is 0.241 e. The first-order valence-corrected chi connectivity index (χ1v) is 3.71. The second kappa shape index (κ2) is 3.48. The minimum absolute atomic E-state index is 0.177. The summed E-state index contributed by atoms with van der Waals surface area (Å²) >= 11 is 0. The van der Waals surface area contributed by atoms with Crippen molar-refractivity contribution < 1.29 is 9.52 Å². The highest BCUT2D eigenvalue weighted by Crippen LogP contribution is 2.16. The molecule has 0 aromatic carbocycles. The number of aliphatic hydroxyl groups is 1. The van der Waals surface area contributed by atoms with E-state index < -0.39 is 0 Å². The zero-order chi connectivity index (χ0) is 8.27. The number of nitrogens with zero attached hydrogens (tertiary/aromatic N) is 2. The van der Waals surface area contributed by atoms with E-state index in [1.807, 2.05) is 13.8 Å². The Morgan fingerprint density at radius 2 is 2.27 bits per heavy atom. The predicted octanol–water partition coefficient (Wildman–Crippen LogP) is 1.08. The molecule has 0 aliphatic rings. The molecule has 0 saturated carbocycles. The number of aliphatic hydroxyl groups excluding tert-OH is 1. The largest absolute Gasteiger partial charge is 0.422 e. The van der Waals surface area contributed by atoms with Gasteiger partial charge in [-0.2, -0.15) is 0 Å². The molecule has 11 heavy (non-hydrogen) atoms. The monoisotopic (exact) mass is 156 g/mol. The Kier molecular flexibility index (Phi) is 2.59. The topological polar surface area (TPSA) is 59.2 Å². The molecule has 1 aromatic rings. The molecule has 0 spiro atoms. The lowest BCUT2D eigenvalue weighted by molar-refractivity contribution is 0.234. The number of rotatable bonds is 3. The van der Waals surface area contributed by atoms with Gasteiger partial charge in [0.1, 0.15) is 6.61 Å². The van der Waals surface area contributed by atoms with E-state index in [0.29, 0.717) is 11.8 Å². The molecule has 0 fully saturated rings. The molecule has 1 aromatic heterocycles. The Hall–Kier alpha value is -0.900. The summed E-state index contributed by atoms with van der Waals surface area (Å²) in [5, 5.41) is 16.0. The SMILES string of the molecule is CC[C@@H](C)c1nnc(CO)o1. The average Bonchev–Trinajstić information content (AvgIpc) is 2.50. The van der Waals surface area contributed by atoms with Gasteiger partial charge < -0.3 is 9.52 Å². The summed E-state index contributed by atoms with van der Waals surface area (Å²) in [6.07, 6.45) is 0.965. The number of hydrogen-bond acceptors (Lipinski definition) is 4. The maximum atomic E-state index is 8.61. The fourth-order valence-corrected chi connectivity index (χ4v) is 0.704. The molecule has 0 amide bonds. The number of hydrogen-bond donors (Lipinski definition) is 1. The van der Waals surface area contributed by atoms with Crippen molar-refractivity contribution in [3.63, 3.8) is 0 Å². The summed E-state index contributed by atoms with van der Waals surface area (Å²) in [6.45, 7) is 3.88. The van der Waals surface area contributed by atoms with E-state index in [-0.39, 0.29) is 12.5 Å². The van der Waals surface area contributed by atoms with Crippen molar-refractivity contribution in [3.05, 3.63) is 11.8 Å². The van der Waals surface area contributed by atoms with Gasteiger partial charge in [-0.15, -0.1) is 10.2 Å². The molecule has 4 heteroatoms. The van der Waals surface area contributed by atoms with E-state index in [1.54, 1.807) is 0 Å². The van der Waals surface area contributed by atoms with Gasteiger partial charge in [0.05, 0.1) is 0 Å². The van der Waals surface area contributed by atoms with Crippen LogP contribution >= 0.6 is 0 Å². The summed E-state index contributed by atoms with van der Waals surface area (Å²) in [5.74, 6) is 1.18. The van der Waals surface area contributed by atoms with E-state index in [9.17, 15) is 0 Å². The van der Waals surface area contributed by atoms with Crippen LogP contribution in [-0.2, 0) is 6.61 Å². The van der Waals surface area contributed by atoms with Crippen LogP contribution in [0.5, 0.6) is 0 Å². The Morgan fingerprint density at radius 1 is 1.55 bits per heavy atom. The summed E-state index contributed by atoms with van der Waals surface area (Å²) in [6, 6.07) is 0. The van der Waals surface area contributed by atoms with Gasteiger partial charge in [0.25, 0.3) is 0 Å². The summed E-state index contributed by atoms with van der Waals surface area (Å²) in [5.41, 5.74) is 0. The number of aromatic nitrogens is 2. The molecule has 0 unspecified atom stereocenters. The molecule has 1 rings (SSSR count). The lowest BCUT2D eigenvalue weighted by Crippen LogP contribution is -1.90. The third-order valence-corrected chi connectivity index (χ3v) is 1.65. The molecule has 1 atom stereocenters. The van der Waals surface area contributed by atoms with Gasteiger partial charge in [-0.25, -0.2) is 0 Å². The molecule has 0 radical (unpaired) electrons. The van der Waals surface area contributed by atoms with Crippen LogP contribution in [-0.4, -0.2) is 15.3 Å². The third-order valence-electron chi connectivity index (χ3n) is 1.65. The quantitative estimate of drug-likeness (QED) is 0.711. The van der Waals surface area contributed by atoms with Crippen LogP contribution in [0, 0.1) is 0 Å². The molecule has 1 N–H and O–H groups in total. The van der Waals surface area contributed by atoms with Crippen LogP contribution in [0.3, 0.4) is 0 Å². The summed E-state index contributed by atoms with van der Waals surface area (Å²) in [4.78, 5) is 0. The first-order chi connectivity index (χ1) is 5.27. The standard InChI is InChI=1S/C7H12N2O2/c1-3-5(2)7-9-8-6(4-10)11-7/h5,10H,3-4H2,1-2H3/t5-/m1/s1. The zero-order valence-electron chi connectivity index (χ0n) is 6.74. The van der Waals surface area contributed by atoms with Gasteiger partial charge in [-0.3, -0.25) is 0 Å². The van der Waals surface area contributed by atoms with Crippen LogP contribution in [0.25, 0.3) is 0 Å². The molecule has 0 saturated heterocycles. The van der Waals surface area contributed by atoms with Gasteiger partial charge in [0, 0.05) is 5.92 Å². The molecule has 0 bridgehead atoms. The Balaban J connectivity index is 2.71. The fourth-order valence-electron chi connectivity index (χ4n) is 0.704. The van der Waals surface area contributed by atoms with E-state index in [1.165, 1.54) is 0 Å². The third kappa shape index (κ3) is 1.77. The van der Waals surface area contributed by atoms with Crippen LogP contribution < -0.4 is 0 Å². The van der Waals surface area contributed by atoms with Crippen molar-refractivity contribution in [1.82, 2.24) is 10.2 Å². The van der Waals surface area contributed by atoms with Crippen molar-refractivity contribution in [2.75, 3.05) is 0 Å². The Labute approximate surface area is 65.3 Å². The highest BCUT2D eigenvalue weighted by atomic mass is 16.4. The minimum Gasteiger partial charge on any atom is -0.422 e. The molecule has 62 valence electrons. The lowest BCUT2D eigenvalue weighted by atomic mass is 10.1. The molecular weight excluding hydrogens is 144 g/mol. The summed E-state index contributed by atoms with van der Waals surface area (Å²) < 4.78 is 5.11. The Bertz CT molecular complexity index is 222. The van der Waals surface area contributed by atoms with E-state index in [4.69, 9.17) is 9.52 Å². The zero-order valence-corrected chi connectivity index (χ0v) is 6.74. The van der Waals surface area contributed by atoms with Crippen LogP contribution in [0.1, 0.15) is 38.0 Å². The second-order valence-corrected chi connectivity index (χ2v) is 2.50. The highest BCUT2D eigenvalue weighted by Gasteiger charge is 2.10. The molecule has 0 aliphatic heterocycles. The predicted molar refractivity (Wildman–Crippen MR) is 38.9 cm³/mol. The van der Waals surface area contributed by atoms with E-state index in [0.717, 1.165) is 6.42 Å². The van der Waals surface area contributed by atoms with Crippen molar-refractivity contribution in [1.29, 1.82) is 0 Å². The maximum Gasteiger partial charge on any atom is 0.241 e. The van der Waals surface area contributed by atoms with Crippen molar-refractivity contribution in [3.8, 4) is 0 Å². The van der Waals surface area contributed by atoms with Gasteiger partial charge in [-0.05, 0) is 6.42 Å². The Morgan fingerprint density at radius 3 is 2.73 bits per heavy atom. The fraction of sp³-hybridized carbons (Fsp3) is 0.714. The first-order valence-electron chi connectivity index (χ1n) is 3.71. The van der Waals surface area contributed by atoms with Crippen molar-refractivity contribution in [2.24, 2.45) is 0 Å². The normalized spacial score (nSPS) is 13.4. The average molecular weight is 156 g/mol. The van der Waals surface area contributed by atoms with Gasteiger partial charge in [-0.1, -0.05) is 13.8 Å². The van der Waals surface area contributed by atoms with Crippen LogP contribution in [0.4, 0.5) is 0 Å².